The molecule has 1 N–H and O–H groups in total. The van der Waals surface area contributed by atoms with Crippen LogP contribution in [0.25, 0.3) is 11.1 Å². The largest absolute Gasteiger partial charge is 0.456 e. The minimum absolute atomic E-state index is 0.0389. The lowest BCUT2D eigenvalue weighted by atomic mass is 9.95. The predicted octanol–water partition coefficient (Wildman–Crippen LogP) is 3.60. The van der Waals surface area contributed by atoms with Crippen molar-refractivity contribution in [2.45, 2.75) is 46.2 Å². The van der Waals surface area contributed by atoms with Gasteiger partial charge in [0.25, 0.3) is 5.91 Å². The van der Waals surface area contributed by atoms with Gasteiger partial charge in [-0.15, -0.1) is 0 Å². The molecule has 7 nitrogen and oxygen atoms in total. The SMILES string of the molecule is CCc1ccc([C@H](NC(=O)COC(=O)CCn2c(=O)oc3ccccc32)C(C)C)cc1. The topological polar surface area (TPSA) is 90.5 Å². The zero-order chi connectivity index (χ0) is 22.4. The molecule has 164 valence electrons. The van der Waals surface area contributed by atoms with Gasteiger partial charge in [-0.3, -0.25) is 14.2 Å². The first-order valence-electron chi connectivity index (χ1n) is 10.5. The monoisotopic (exact) mass is 424 g/mol. The first-order chi connectivity index (χ1) is 14.9. The second-order valence-electron chi connectivity index (χ2n) is 7.78. The summed E-state index contributed by atoms with van der Waals surface area (Å²) in [6.07, 6.45) is 0.915. The summed E-state index contributed by atoms with van der Waals surface area (Å²) in [6.45, 7) is 5.90. The Kier molecular flexibility index (Phi) is 7.28. The van der Waals surface area contributed by atoms with Crippen LogP contribution in [0, 0.1) is 5.92 Å². The molecule has 7 heteroatoms. The fourth-order valence-electron chi connectivity index (χ4n) is 3.46. The van der Waals surface area contributed by atoms with E-state index >= 15 is 0 Å². The number of nitrogens with one attached hydrogen (secondary N) is 1. The third kappa shape index (κ3) is 5.63. The number of amides is 1. The number of oxazole rings is 1. The van der Waals surface area contributed by atoms with Gasteiger partial charge >= 0.3 is 11.7 Å². The maximum absolute atomic E-state index is 12.4. The van der Waals surface area contributed by atoms with E-state index in [1.807, 2.05) is 26.0 Å². The van der Waals surface area contributed by atoms with Crippen molar-refractivity contribution in [3.8, 4) is 0 Å². The van der Waals surface area contributed by atoms with E-state index in [4.69, 9.17) is 9.15 Å². The molecule has 31 heavy (non-hydrogen) atoms. The number of esters is 1. The van der Waals surface area contributed by atoms with Crippen molar-refractivity contribution >= 4 is 23.0 Å². The van der Waals surface area contributed by atoms with Gasteiger partial charge in [-0.05, 0) is 35.6 Å². The minimum Gasteiger partial charge on any atom is -0.456 e. The summed E-state index contributed by atoms with van der Waals surface area (Å²) in [5, 5.41) is 2.94. The third-order valence-electron chi connectivity index (χ3n) is 5.21. The van der Waals surface area contributed by atoms with Crippen molar-refractivity contribution in [3.05, 3.63) is 70.2 Å². The molecule has 1 amide bonds. The molecule has 1 aromatic heterocycles. The molecule has 3 rings (SSSR count). The Morgan fingerprint density at radius 1 is 1.10 bits per heavy atom. The van der Waals surface area contributed by atoms with Gasteiger partial charge in [-0.25, -0.2) is 4.79 Å². The molecule has 0 spiro atoms. The van der Waals surface area contributed by atoms with Crippen molar-refractivity contribution in [3.63, 3.8) is 0 Å². The first kappa shape index (κ1) is 22.3. The first-order valence-corrected chi connectivity index (χ1v) is 10.5. The van der Waals surface area contributed by atoms with Crippen LogP contribution >= 0.6 is 0 Å². The predicted molar refractivity (Wildman–Crippen MR) is 118 cm³/mol. The number of aromatic nitrogens is 1. The van der Waals surface area contributed by atoms with Crippen molar-refractivity contribution in [1.29, 1.82) is 0 Å². The number of para-hydroxylation sites is 2. The summed E-state index contributed by atoms with van der Waals surface area (Å²) in [6, 6.07) is 15.0. The lowest BCUT2D eigenvalue weighted by Gasteiger charge is -2.23. The Bertz CT molecular complexity index is 1100. The summed E-state index contributed by atoms with van der Waals surface area (Å²) in [4.78, 5) is 36.4. The van der Waals surface area contributed by atoms with Crippen molar-refractivity contribution in [1.82, 2.24) is 9.88 Å². The average Bonchev–Trinajstić information content (AvgIpc) is 3.09. The van der Waals surface area contributed by atoms with Gasteiger partial charge in [0.1, 0.15) is 0 Å². The number of hydrogen-bond acceptors (Lipinski definition) is 5. The maximum atomic E-state index is 12.4. The van der Waals surface area contributed by atoms with E-state index in [0.29, 0.717) is 11.1 Å². The lowest BCUT2D eigenvalue weighted by molar-refractivity contribution is -0.149. The molecule has 0 saturated carbocycles. The molecular weight excluding hydrogens is 396 g/mol. The van der Waals surface area contributed by atoms with Crippen LogP contribution in [-0.2, 0) is 27.3 Å². The summed E-state index contributed by atoms with van der Waals surface area (Å²) < 4.78 is 11.6. The number of benzene rings is 2. The molecule has 0 radical (unpaired) electrons. The van der Waals surface area contributed by atoms with E-state index in [-0.39, 0.29) is 37.4 Å². The zero-order valence-corrected chi connectivity index (χ0v) is 18.1. The molecule has 1 atom stereocenters. The Balaban J connectivity index is 1.52. The van der Waals surface area contributed by atoms with E-state index < -0.39 is 11.7 Å². The van der Waals surface area contributed by atoms with E-state index in [0.717, 1.165) is 12.0 Å². The highest BCUT2D eigenvalue weighted by molar-refractivity contribution is 5.81. The quantitative estimate of drug-likeness (QED) is 0.530. The van der Waals surface area contributed by atoms with Crippen LogP contribution in [0.3, 0.4) is 0 Å². The molecule has 2 aromatic carbocycles. The fourth-order valence-corrected chi connectivity index (χ4v) is 3.46. The Hall–Kier alpha value is -3.35. The van der Waals surface area contributed by atoms with Crippen LogP contribution in [-0.4, -0.2) is 23.1 Å². The van der Waals surface area contributed by atoms with Gasteiger partial charge in [0.15, 0.2) is 12.2 Å². The number of hydrogen-bond donors (Lipinski definition) is 1. The van der Waals surface area contributed by atoms with E-state index in [2.05, 4.69) is 24.4 Å². The number of fused-ring (bicyclic) bond motifs is 1. The highest BCUT2D eigenvalue weighted by Gasteiger charge is 2.19. The van der Waals surface area contributed by atoms with Gasteiger partial charge in [-0.2, -0.15) is 0 Å². The summed E-state index contributed by atoms with van der Waals surface area (Å²) in [5.74, 6) is -1.27. The molecule has 0 unspecified atom stereocenters. The summed E-state index contributed by atoms with van der Waals surface area (Å²) >= 11 is 0. The van der Waals surface area contributed by atoms with E-state index in [9.17, 15) is 14.4 Å². The normalized spacial score (nSPS) is 12.1. The van der Waals surface area contributed by atoms with Gasteiger partial charge in [0, 0.05) is 6.54 Å². The number of nitrogens with zero attached hydrogens (tertiary/aromatic N) is 1. The van der Waals surface area contributed by atoms with Crippen molar-refractivity contribution < 1.29 is 18.7 Å². The Labute approximate surface area is 181 Å². The van der Waals surface area contributed by atoms with Crippen LogP contribution in [0.1, 0.15) is 44.4 Å². The second kappa shape index (κ2) is 10.1. The van der Waals surface area contributed by atoms with Crippen LogP contribution in [0.2, 0.25) is 0 Å². The highest BCUT2D eigenvalue weighted by Crippen LogP contribution is 2.22. The Morgan fingerprint density at radius 3 is 2.48 bits per heavy atom. The smallest absolute Gasteiger partial charge is 0.419 e. The molecular formula is C24H28N2O5. The summed E-state index contributed by atoms with van der Waals surface area (Å²) in [7, 11) is 0. The van der Waals surface area contributed by atoms with Gasteiger partial charge in [0.2, 0.25) is 0 Å². The third-order valence-corrected chi connectivity index (χ3v) is 5.21. The standard InChI is InChI=1S/C24H28N2O5/c1-4-17-9-11-18(12-10-17)23(16(2)3)25-21(27)15-30-22(28)13-14-26-19-7-5-6-8-20(19)31-24(26)29/h5-12,16,23H,4,13-15H2,1-3H3,(H,25,27)/t23-/m1/s1. The molecule has 0 fully saturated rings. The molecule has 1 heterocycles. The number of aryl methyl sites for hydroxylation is 2. The zero-order valence-electron chi connectivity index (χ0n) is 18.1. The van der Waals surface area contributed by atoms with E-state index in [1.165, 1.54) is 10.1 Å². The number of carbonyl (C=O) groups is 2. The van der Waals surface area contributed by atoms with Crippen LogP contribution in [0.15, 0.2) is 57.7 Å². The van der Waals surface area contributed by atoms with Gasteiger partial charge in [-0.1, -0.05) is 57.2 Å². The summed E-state index contributed by atoms with van der Waals surface area (Å²) in [5.41, 5.74) is 3.33. The highest BCUT2D eigenvalue weighted by atomic mass is 16.5. The van der Waals surface area contributed by atoms with Crippen molar-refractivity contribution in [2.24, 2.45) is 5.92 Å². The average molecular weight is 424 g/mol. The fraction of sp³-hybridized carbons (Fsp3) is 0.375. The number of rotatable bonds is 9. The molecule has 3 aromatic rings. The Morgan fingerprint density at radius 2 is 1.81 bits per heavy atom. The van der Waals surface area contributed by atoms with Crippen LogP contribution < -0.4 is 11.1 Å². The lowest BCUT2D eigenvalue weighted by Crippen LogP contribution is -2.35. The molecule has 0 aliphatic rings. The second-order valence-corrected chi connectivity index (χ2v) is 7.78. The molecule has 0 bridgehead atoms. The molecule has 0 saturated heterocycles. The number of ether oxygens (including phenoxy) is 1. The maximum Gasteiger partial charge on any atom is 0.419 e. The van der Waals surface area contributed by atoms with Gasteiger partial charge in [0.05, 0.1) is 18.0 Å². The minimum atomic E-state index is -0.555. The van der Waals surface area contributed by atoms with Crippen molar-refractivity contribution in [2.75, 3.05) is 6.61 Å². The number of carbonyl (C=O) groups excluding carboxylic acids is 2. The molecule has 0 aliphatic heterocycles. The molecule has 0 aliphatic carbocycles. The van der Waals surface area contributed by atoms with Gasteiger partial charge < -0.3 is 14.5 Å². The van der Waals surface area contributed by atoms with Crippen LogP contribution in [0.4, 0.5) is 0 Å². The van der Waals surface area contributed by atoms with E-state index in [1.54, 1.807) is 24.3 Å². The van der Waals surface area contributed by atoms with Crippen LogP contribution in [0.5, 0.6) is 0 Å².